The lowest BCUT2D eigenvalue weighted by Gasteiger charge is -2.05. The molecule has 0 aliphatic carbocycles. The van der Waals surface area contributed by atoms with Gasteiger partial charge in [0.2, 0.25) is 0 Å². The van der Waals surface area contributed by atoms with Gasteiger partial charge in [-0.05, 0) is 12.1 Å². The number of nitrogens with one attached hydrogen (secondary N) is 1. The number of hydrogen-bond donors (Lipinski definition) is 1. The Balaban J connectivity index is 1.83. The molecule has 4 nitrogen and oxygen atoms in total. The smallest absolute Gasteiger partial charge is 0.411 e. The Kier molecular flexibility index (Phi) is 4.52. The van der Waals surface area contributed by atoms with Crippen LogP contribution in [0.5, 0.6) is 0 Å². The number of nitrogens with zero attached hydrogens (tertiary/aromatic N) is 1. The summed E-state index contributed by atoms with van der Waals surface area (Å²) in [5.41, 5.74) is 0.722. The predicted molar refractivity (Wildman–Crippen MR) is 76.5 cm³/mol. The number of ether oxygens (including phenoxy) is 1. The summed E-state index contributed by atoms with van der Waals surface area (Å²) in [4.78, 5) is 16.8. The molecule has 0 saturated carbocycles. The SMILES string of the molecule is CC(C)c1ncc(COC(=O)Nc2ccccc2)s1. The predicted octanol–water partition coefficient (Wildman–Crippen LogP) is 4.02. The highest BCUT2D eigenvalue weighted by Crippen LogP contribution is 2.21. The number of benzene rings is 1. The lowest BCUT2D eigenvalue weighted by atomic mass is 10.2. The minimum atomic E-state index is -0.453. The molecule has 1 aromatic carbocycles. The molecule has 0 spiro atoms. The maximum Gasteiger partial charge on any atom is 0.411 e. The topological polar surface area (TPSA) is 51.2 Å². The first-order valence-electron chi connectivity index (χ1n) is 6.08. The molecule has 2 rings (SSSR count). The van der Waals surface area contributed by atoms with E-state index in [0.717, 1.165) is 15.6 Å². The zero-order valence-electron chi connectivity index (χ0n) is 10.9. The van der Waals surface area contributed by atoms with Crippen LogP contribution in [0, 0.1) is 0 Å². The van der Waals surface area contributed by atoms with Crippen LogP contribution in [0.3, 0.4) is 0 Å². The second kappa shape index (κ2) is 6.33. The number of carbonyl (C=O) groups is 1. The van der Waals surface area contributed by atoms with Crippen molar-refractivity contribution in [2.45, 2.75) is 26.4 Å². The molecule has 100 valence electrons. The van der Waals surface area contributed by atoms with Crippen LogP contribution in [0.25, 0.3) is 0 Å². The summed E-state index contributed by atoms with van der Waals surface area (Å²) in [6, 6.07) is 9.22. The van der Waals surface area contributed by atoms with E-state index in [1.165, 1.54) is 0 Å². The number of para-hydroxylation sites is 1. The van der Waals surface area contributed by atoms with Gasteiger partial charge in [0.1, 0.15) is 6.61 Å². The maximum atomic E-state index is 11.6. The molecule has 0 radical (unpaired) electrons. The van der Waals surface area contributed by atoms with Crippen LogP contribution in [0.15, 0.2) is 36.5 Å². The van der Waals surface area contributed by atoms with Crippen molar-refractivity contribution in [3.8, 4) is 0 Å². The van der Waals surface area contributed by atoms with Crippen LogP contribution in [0.1, 0.15) is 29.7 Å². The summed E-state index contributed by atoms with van der Waals surface area (Å²) in [7, 11) is 0. The Morgan fingerprint density at radius 3 is 2.74 bits per heavy atom. The summed E-state index contributed by atoms with van der Waals surface area (Å²) in [5.74, 6) is 0.400. The fourth-order valence-electron chi connectivity index (χ4n) is 1.47. The van der Waals surface area contributed by atoms with Crippen molar-refractivity contribution in [2.24, 2.45) is 0 Å². The second-order valence-corrected chi connectivity index (χ2v) is 5.53. The molecule has 1 N–H and O–H groups in total. The molecular weight excluding hydrogens is 260 g/mol. The Bertz CT molecular complexity index is 537. The molecule has 5 heteroatoms. The summed E-state index contributed by atoms with van der Waals surface area (Å²) in [6.45, 7) is 4.43. The molecular formula is C14H16N2O2S. The Labute approximate surface area is 116 Å². The molecule has 0 saturated heterocycles. The number of anilines is 1. The van der Waals surface area contributed by atoms with Crippen molar-refractivity contribution in [1.29, 1.82) is 0 Å². The lowest BCUT2D eigenvalue weighted by Crippen LogP contribution is -2.12. The van der Waals surface area contributed by atoms with Crippen molar-refractivity contribution in [3.63, 3.8) is 0 Å². The van der Waals surface area contributed by atoms with Gasteiger partial charge in [0, 0.05) is 17.8 Å². The van der Waals surface area contributed by atoms with Crippen LogP contribution in [0.4, 0.5) is 10.5 Å². The molecule has 0 atom stereocenters. The molecule has 19 heavy (non-hydrogen) atoms. The fraction of sp³-hybridized carbons (Fsp3) is 0.286. The average Bonchev–Trinajstić information content (AvgIpc) is 2.86. The van der Waals surface area contributed by atoms with Gasteiger partial charge >= 0.3 is 6.09 Å². The van der Waals surface area contributed by atoms with Gasteiger partial charge in [-0.1, -0.05) is 32.0 Å². The van der Waals surface area contributed by atoms with Crippen molar-refractivity contribution in [1.82, 2.24) is 4.98 Å². The zero-order chi connectivity index (χ0) is 13.7. The molecule has 0 bridgehead atoms. The Morgan fingerprint density at radius 1 is 1.37 bits per heavy atom. The lowest BCUT2D eigenvalue weighted by molar-refractivity contribution is 0.156. The third-order valence-electron chi connectivity index (χ3n) is 2.43. The first-order valence-corrected chi connectivity index (χ1v) is 6.90. The van der Waals surface area contributed by atoms with E-state index in [1.807, 2.05) is 30.3 Å². The number of thiazole rings is 1. The van der Waals surface area contributed by atoms with Crippen LogP contribution in [0.2, 0.25) is 0 Å². The van der Waals surface area contributed by atoms with E-state index in [1.54, 1.807) is 17.5 Å². The first-order chi connectivity index (χ1) is 9.15. The molecule has 1 heterocycles. The quantitative estimate of drug-likeness (QED) is 0.917. The Morgan fingerprint density at radius 2 is 2.11 bits per heavy atom. The highest BCUT2D eigenvalue weighted by Gasteiger charge is 2.08. The van der Waals surface area contributed by atoms with Crippen LogP contribution in [-0.4, -0.2) is 11.1 Å². The third kappa shape index (κ3) is 4.06. The van der Waals surface area contributed by atoms with Crippen molar-refractivity contribution < 1.29 is 9.53 Å². The van der Waals surface area contributed by atoms with Gasteiger partial charge in [-0.25, -0.2) is 9.78 Å². The van der Waals surface area contributed by atoms with Gasteiger partial charge < -0.3 is 4.74 Å². The molecule has 1 amide bonds. The molecule has 0 aliphatic rings. The molecule has 1 aromatic heterocycles. The summed E-state index contributed by atoms with van der Waals surface area (Å²) < 4.78 is 5.15. The minimum absolute atomic E-state index is 0.253. The molecule has 2 aromatic rings. The van der Waals surface area contributed by atoms with Crippen LogP contribution >= 0.6 is 11.3 Å². The standard InChI is InChI=1S/C14H16N2O2S/c1-10(2)13-15-8-12(19-13)9-18-14(17)16-11-6-4-3-5-7-11/h3-8,10H,9H2,1-2H3,(H,16,17). The van der Waals surface area contributed by atoms with Gasteiger partial charge in [-0.3, -0.25) is 5.32 Å². The van der Waals surface area contributed by atoms with Gasteiger partial charge in [-0.2, -0.15) is 0 Å². The number of hydrogen-bond acceptors (Lipinski definition) is 4. The highest BCUT2D eigenvalue weighted by atomic mass is 32.1. The summed E-state index contributed by atoms with van der Waals surface area (Å²) in [6.07, 6.45) is 1.31. The van der Waals surface area contributed by atoms with Gasteiger partial charge in [-0.15, -0.1) is 11.3 Å². The fourth-order valence-corrected chi connectivity index (χ4v) is 2.30. The number of aromatic nitrogens is 1. The van der Waals surface area contributed by atoms with E-state index >= 15 is 0 Å². The number of carbonyl (C=O) groups excluding carboxylic acids is 1. The average molecular weight is 276 g/mol. The van der Waals surface area contributed by atoms with Gasteiger partial charge in [0.15, 0.2) is 0 Å². The van der Waals surface area contributed by atoms with Crippen molar-refractivity contribution >= 4 is 23.1 Å². The van der Waals surface area contributed by atoms with E-state index in [9.17, 15) is 4.79 Å². The second-order valence-electron chi connectivity index (χ2n) is 4.39. The van der Waals surface area contributed by atoms with Crippen LogP contribution < -0.4 is 5.32 Å². The maximum absolute atomic E-state index is 11.6. The number of amides is 1. The van der Waals surface area contributed by atoms with Crippen LogP contribution in [-0.2, 0) is 11.3 Å². The summed E-state index contributed by atoms with van der Waals surface area (Å²) >= 11 is 1.57. The number of rotatable bonds is 4. The largest absolute Gasteiger partial charge is 0.444 e. The summed E-state index contributed by atoms with van der Waals surface area (Å²) in [5, 5.41) is 3.72. The van der Waals surface area contributed by atoms with Gasteiger partial charge in [0.25, 0.3) is 0 Å². The van der Waals surface area contributed by atoms with Crippen molar-refractivity contribution in [3.05, 3.63) is 46.4 Å². The monoisotopic (exact) mass is 276 g/mol. The van der Waals surface area contributed by atoms with E-state index in [-0.39, 0.29) is 6.61 Å². The third-order valence-corrected chi connectivity index (χ3v) is 3.70. The molecule has 0 unspecified atom stereocenters. The van der Waals surface area contributed by atoms with Crippen molar-refractivity contribution in [2.75, 3.05) is 5.32 Å². The zero-order valence-corrected chi connectivity index (χ0v) is 11.7. The first kappa shape index (κ1) is 13.5. The molecule has 0 aliphatic heterocycles. The van der Waals surface area contributed by atoms with E-state index in [0.29, 0.717) is 5.92 Å². The normalized spacial score (nSPS) is 10.5. The Hall–Kier alpha value is -1.88. The minimum Gasteiger partial charge on any atom is -0.444 e. The van der Waals surface area contributed by atoms with E-state index in [2.05, 4.69) is 24.1 Å². The molecule has 0 fully saturated rings. The van der Waals surface area contributed by atoms with E-state index < -0.39 is 6.09 Å². The highest BCUT2D eigenvalue weighted by molar-refractivity contribution is 7.11. The van der Waals surface area contributed by atoms with Gasteiger partial charge in [0.05, 0.1) is 9.88 Å². The van der Waals surface area contributed by atoms with E-state index in [4.69, 9.17) is 4.74 Å².